The normalized spacial score (nSPS) is 15.4. The van der Waals surface area contributed by atoms with Crippen LogP contribution in [0.15, 0.2) is 73.7 Å². The summed E-state index contributed by atoms with van der Waals surface area (Å²) in [6.07, 6.45) is 7.04. The lowest BCUT2D eigenvalue weighted by Gasteiger charge is -2.35. The van der Waals surface area contributed by atoms with Crippen molar-refractivity contribution in [3.8, 4) is 11.5 Å². The van der Waals surface area contributed by atoms with E-state index in [9.17, 15) is 9.59 Å². The number of nitrogens with zero attached hydrogens (tertiary/aromatic N) is 3. The number of para-hydroxylation sites is 1. The molecule has 1 saturated heterocycles. The number of ether oxygens (including phenoxy) is 1. The molecule has 0 bridgehead atoms. The maximum absolute atomic E-state index is 15.0. The van der Waals surface area contributed by atoms with E-state index in [-0.39, 0.29) is 28.8 Å². The lowest BCUT2D eigenvalue weighted by Crippen LogP contribution is -2.46. The summed E-state index contributed by atoms with van der Waals surface area (Å²) in [7, 11) is 0. The second-order valence-electron chi connectivity index (χ2n) is 8.80. The number of hydrogen-bond acceptors (Lipinski definition) is 6. The van der Waals surface area contributed by atoms with Crippen molar-refractivity contribution < 1.29 is 18.7 Å². The van der Waals surface area contributed by atoms with Crippen molar-refractivity contribution in [3.05, 3.63) is 90.7 Å². The molecule has 0 saturated carbocycles. The highest BCUT2D eigenvalue weighted by atomic mass is 19.1. The number of anilines is 1. The van der Waals surface area contributed by atoms with Gasteiger partial charge in [-0.1, -0.05) is 24.8 Å². The number of aromatic amines is 1. The number of H-pyrrole nitrogens is 1. The number of hydrogen-bond donors (Lipinski definition) is 2. The first-order valence-corrected chi connectivity index (χ1v) is 12.1. The molecule has 1 aliphatic rings. The van der Waals surface area contributed by atoms with Gasteiger partial charge in [0.25, 0.3) is 0 Å². The summed E-state index contributed by atoms with van der Waals surface area (Å²) in [4.78, 5) is 39.0. The highest BCUT2D eigenvalue weighted by molar-refractivity contribution is 6.18. The number of piperidine rings is 1. The second-order valence-corrected chi connectivity index (χ2v) is 8.80. The number of amides is 1. The van der Waals surface area contributed by atoms with Crippen molar-refractivity contribution in [2.24, 2.45) is 0 Å². The number of halogens is 1. The number of carbonyl (C=O) groups is 2. The molecular weight excluding hydrogens is 473 g/mol. The van der Waals surface area contributed by atoms with Crippen LogP contribution in [-0.2, 0) is 4.79 Å². The quantitative estimate of drug-likeness (QED) is 0.259. The summed E-state index contributed by atoms with van der Waals surface area (Å²) >= 11 is 0. The monoisotopic (exact) mass is 499 g/mol. The Morgan fingerprint density at radius 1 is 1.14 bits per heavy atom. The van der Waals surface area contributed by atoms with Crippen molar-refractivity contribution in [3.63, 3.8) is 0 Å². The summed E-state index contributed by atoms with van der Waals surface area (Å²) in [5, 5.41) is 3.75. The molecule has 8 nitrogen and oxygen atoms in total. The van der Waals surface area contributed by atoms with Gasteiger partial charge >= 0.3 is 0 Å². The molecule has 4 aromatic rings. The zero-order valence-electron chi connectivity index (χ0n) is 20.1. The van der Waals surface area contributed by atoms with Crippen LogP contribution >= 0.6 is 0 Å². The topological polar surface area (TPSA) is 100 Å². The number of nitrogens with one attached hydrogen (secondary N) is 2. The lowest BCUT2D eigenvalue weighted by molar-refractivity contribution is -0.129. The first-order valence-electron chi connectivity index (χ1n) is 12.1. The molecular formula is C28H26FN5O3. The number of carbonyl (C=O) groups excluding carboxylic acids is 2. The van der Waals surface area contributed by atoms with Crippen LogP contribution in [0.5, 0.6) is 11.5 Å². The summed E-state index contributed by atoms with van der Waals surface area (Å²) in [5.74, 6) is -0.00990. The van der Waals surface area contributed by atoms with E-state index in [2.05, 4.69) is 26.8 Å². The maximum atomic E-state index is 15.0. The summed E-state index contributed by atoms with van der Waals surface area (Å²) in [6.45, 7) is 4.73. The Labute approximate surface area is 213 Å². The Morgan fingerprint density at radius 2 is 1.97 bits per heavy atom. The average molecular weight is 500 g/mol. The highest BCUT2D eigenvalue weighted by Gasteiger charge is 2.26. The Hall–Kier alpha value is -4.53. The molecule has 1 unspecified atom stereocenters. The van der Waals surface area contributed by atoms with Crippen LogP contribution in [0, 0.1) is 5.82 Å². The predicted molar refractivity (Wildman–Crippen MR) is 138 cm³/mol. The van der Waals surface area contributed by atoms with Gasteiger partial charge in [-0.05, 0) is 49.6 Å². The fourth-order valence-electron chi connectivity index (χ4n) is 4.62. The van der Waals surface area contributed by atoms with Gasteiger partial charge in [0.15, 0.2) is 5.78 Å². The third-order valence-electron chi connectivity index (χ3n) is 6.47. The molecule has 5 rings (SSSR count). The lowest BCUT2D eigenvalue weighted by atomic mass is 10.0. The van der Waals surface area contributed by atoms with E-state index in [1.165, 1.54) is 30.7 Å². The third-order valence-corrected chi connectivity index (χ3v) is 6.47. The standard InChI is InChI=1S/C28H26FN5O3/c1-2-24(35)34-13-7-6-8-18(34)15-30-27-25-22(16-31-28(25)33-17-32-27)26(36)21-12-11-20(14-23(21)29)37-19-9-4-3-5-10-19/h2-5,9-12,14,16-18H,1,6-8,13,15H2,(H2,30,31,32,33). The first kappa shape index (κ1) is 24.2. The number of rotatable bonds is 8. The molecule has 0 radical (unpaired) electrons. The first-order chi connectivity index (χ1) is 18.0. The van der Waals surface area contributed by atoms with E-state index in [4.69, 9.17) is 4.74 Å². The van der Waals surface area contributed by atoms with E-state index < -0.39 is 11.6 Å². The molecule has 2 aromatic carbocycles. The molecule has 188 valence electrons. The van der Waals surface area contributed by atoms with Crippen LogP contribution in [0.25, 0.3) is 11.0 Å². The Bertz CT molecular complexity index is 1450. The van der Waals surface area contributed by atoms with Gasteiger partial charge in [0.2, 0.25) is 5.91 Å². The number of aromatic nitrogens is 3. The van der Waals surface area contributed by atoms with Crippen molar-refractivity contribution in [1.29, 1.82) is 0 Å². The van der Waals surface area contributed by atoms with Gasteiger partial charge in [-0.2, -0.15) is 0 Å². The van der Waals surface area contributed by atoms with Crippen LogP contribution in [0.1, 0.15) is 35.2 Å². The Balaban J connectivity index is 1.39. The van der Waals surface area contributed by atoms with Crippen LogP contribution in [-0.4, -0.2) is 50.7 Å². The SMILES string of the molecule is C=CC(=O)N1CCCCC1CNc1ncnc2[nH]cc(C(=O)c3ccc(Oc4ccccc4)cc3F)c12. The summed E-state index contributed by atoms with van der Waals surface area (Å²) in [6, 6.07) is 13.1. The minimum absolute atomic E-state index is 0.0306. The van der Waals surface area contributed by atoms with Gasteiger partial charge in [-0.15, -0.1) is 0 Å². The minimum Gasteiger partial charge on any atom is -0.457 e. The summed E-state index contributed by atoms with van der Waals surface area (Å²) in [5.41, 5.74) is 0.607. The van der Waals surface area contributed by atoms with E-state index in [0.29, 0.717) is 35.7 Å². The van der Waals surface area contributed by atoms with Gasteiger partial charge < -0.3 is 19.9 Å². The summed E-state index contributed by atoms with van der Waals surface area (Å²) < 4.78 is 20.7. The van der Waals surface area contributed by atoms with E-state index in [0.717, 1.165) is 19.3 Å². The van der Waals surface area contributed by atoms with Gasteiger partial charge in [-0.3, -0.25) is 9.59 Å². The fraction of sp³-hybridized carbons (Fsp3) is 0.214. The molecule has 37 heavy (non-hydrogen) atoms. The predicted octanol–water partition coefficient (Wildman–Crippen LogP) is 5.10. The molecule has 1 atom stereocenters. The number of benzene rings is 2. The maximum Gasteiger partial charge on any atom is 0.246 e. The van der Waals surface area contributed by atoms with Crippen LogP contribution in [0.2, 0.25) is 0 Å². The van der Waals surface area contributed by atoms with Crippen molar-refractivity contribution in [1.82, 2.24) is 19.9 Å². The molecule has 3 heterocycles. The Kier molecular flexibility index (Phi) is 6.93. The zero-order valence-corrected chi connectivity index (χ0v) is 20.1. The molecule has 2 N–H and O–H groups in total. The fourth-order valence-corrected chi connectivity index (χ4v) is 4.62. The van der Waals surface area contributed by atoms with Crippen LogP contribution in [0.4, 0.5) is 10.2 Å². The minimum atomic E-state index is -0.695. The van der Waals surface area contributed by atoms with E-state index in [1.54, 1.807) is 23.1 Å². The molecule has 0 aliphatic carbocycles. The highest BCUT2D eigenvalue weighted by Crippen LogP contribution is 2.29. The molecule has 1 aliphatic heterocycles. The van der Waals surface area contributed by atoms with Crippen LogP contribution in [0.3, 0.4) is 0 Å². The average Bonchev–Trinajstić information content (AvgIpc) is 3.37. The molecule has 1 fully saturated rings. The number of ketones is 1. The third kappa shape index (κ3) is 5.06. The second kappa shape index (κ2) is 10.6. The van der Waals surface area contributed by atoms with Crippen LogP contribution < -0.4 is 10.1 Å². The van der Waals surface area contributed by atoms with E-state index in [1.807, 2.05) is 18.2 Å². The van der Waals surface area contributed by atoms with Gasteiger partial charge in [0, 0.05) is 31.4 Å². The molecule has 0 spiro atoms. The van der Waals surface area contributed by atoms with Crippen molar-refractivity contribution in [2.45, 2.75) is 25.3 Å². The van der Waals surface area contributed by atoms with E-state index >= 15 is 4.39 Å². The zero-order chi connectivity index (χ0) is 25.8. The number of fused-ring (bicyclic) bond motifs is 1. The smallest absolute Gasteiger partial charge is 0.246 e. The van der Waals surface area contributed by atoms with Gasteiger partial charge in [0.1, 0.15) is 35.1 Å². The molecule has 2 aromatic heterocycles. The number of likely N-dealkylation sites (tertiary alicyclic amines) is 1. The molecule has 9 heteroatoms. The van der Waals surface area contributed by atoms with Crippen molar-refractivity contribution in [2.75, 3.05) is 18.4 Å². The van der Waals surface area contributed by atoms with Gasteiger partial charge in [0.05, 0.1) is 16.5 Å². The Morgan fingerprint density at radius 3 is 2.76 bits per heavy atom. The van der Waals surface area contributed by atoms with Crippen molar-refractivity contribution >= 4 is 28.5 Å². The van der Waals surface area contributed by atoms with Gasteiger partial charge in [-0.25, -0.2) is 14.4 Å². The molecule has 1 amide bonds. The largest absolute Gasteiger partial charge is 0.457 e.